The summed E-state index contributed by atoms with van der Waals surface area (Å²) in [6, 6.07) is 10.4. The van der Waals surface area contributed by atoms with Crippen LogP contribution in [-0.4, -0.2) is 24.5 Å². The van der Waals surface area contributed by atoms with Crippen molar-refractivity contribution in [3.8, 4) is 11.5 Å². The van der Waals surface area contributed by atoms with Gasteiger partial charge in [0.2, 0.25) is 0 Å². The Morgan fingerprint density at radius 3 is 2.78 bits per heavy atom. The molecule has 6 nitrogen and oxygen atoms in total. The third kappa shape index (κ3) is 4.59. The number of amides is 2. The van der Waals surface area contributed by atoms with Gasteiger partial charge in [0.1, 0.15) is 0 Å². The van der Waals surface area contributed by atoms with Gasteiger partial charge >= 0.3 is 6.03 Å². The number of methoxy groups -OCH3 is 1. The van der Waals surface area contributed by atoms with Crippen LogP contribution in [0.1, 0.15) is 11.1 Å². The summed E-state index contributed by atoms with van der Waals surface area (Å²) in [5.41, 5.74) is 4.77. The molecule has 0 radical (unpaired) electrons. The fraction of sp³-hybridized carbons (Fsp3) is 0.125. The van der Waals surface area contributed by atoms with Crippen LogP contribution in [0, 0.1) is 10.5 Å². The van der Waals surface area contributed by atoms with E-state index < -0.39 is 6.03 Å². The minimum atomic E-state index is -0.434. The summed E-state index contributed by atoms with van der Waals surface area (Å²) in [6.07, 6.45) is 1.47. The molecule has 0 spiro atoms. The standard InChI is InChI=1S/C16H16IN3O3/c1-10-5-3-4-6-13(10)19-16(22)20-18-9-11-7-12(17)15(21)14(8-11)23-2/h3-9,21H,1-2H3,(H2,19,20,22)/b18-9+. The van der Waals surface area contributed by atoms with E-state index in [2.05, 4.69) is 15.8 Å². The number of ether oxygens (including phenoxy) is 1. The number of phenolic OH excluding ortho intramolecular Hbond substituents is 1. The van der Waals surface area contributed by atoms with Crippen LogP contribution in [0.4, 0.5) is 10.5 Å². The van der Waals surface area contributed by atoms with E-state index in [1.54, 1.807) is 12.1 Å². The molecule has 0 aliphatic heterocycles. The highest BCUT2D eigenvalue weighted by atomic mass is 127. The average molecular weight is 425 g/mol. The molecule has 0 atom stereocenters. The Morgan fingerprint density at radius 2 is 2.09 bits per heavy atom. The van der Waals surface area contributed by atoms with Crippen molar-refractivity contribution in [1.82, 2.24) is 5.43 Å². The quantitative estimate of drug-likeness (QED) is 0.399. The van der Waals surface area contributed by atoms with Gasteiger partial charge in [0.05, 0.1) is 16.9 Å². The van der Waals surface area contributed by atoms with Crippen molar-refractivity contribution >= 4 is 40.5 Å². The third-order valence-corrected chi connectivity index (χ3v) is 3.87. The first-order valence-electron chi connectivity index (χ1n) is 6.73. The van der Waals surface area contributed by atoms with Crippen LogP contribution in [0.5, 0.6) is 11.5 Å². The van der Waals surface area contributed by atoms with Crippen molar-refractivity contribution in [1.29, 1.82) is 0 Å². The Hall–Kier alpha value is -2.29. The smallest absolute Gasteiger partial charge is 0.339 e. The third-order valence-electron chi connectivity index (χ3n) is 3.04. The Kier molecular flexibility index (Phi) is 5.80. The Morgan fingerprint density at radius 1 is 1.35 bits per heavy atom. The molecule has 2 aromatic carbocycles. The number of aryl methyl sites for hydroxylation is 1. The maximum atomic E-state index is 11.8. The summed E-state index contributed by atoms with van der Waals surface area (Å²) in [5, 5.41) is 16.4. The first kappa shape index (κ1) is 17.1. The number of nitrogens with zero attached hydrogens (tertiary/aromatic N) is 1. The topological polar surface area (TPSA) is 83.0 Å². The number of aromatic hydroxyl groups is 1. The largest absolute Gasteiger partial charge is 0.504 e. The fourth-order valence-electron chi connectivity index (χ4n) is 1.85. The predicted molar refractivity (Wildman–Crippen MR) is 98.3 cm³/mol. The van der Waals surface area contributed by atoms with Crippen molar-refractivity contribution in [2.75, 3.05) is 12.4 Å². The molecule has 0 saturated carbocycles. The van der Waals surface area contributed by atoms with Crippen molar-refractivity contribution in [3.05, 3.63) is 51.1 Å². The number of anilines is 1. The molecule has 120 valence electrons. The van der Waals surface area contributed by atoms with E-state index in [-0.39, 0.29) is 5.75 Å². The van der Waals surface area contributed by atoms with Crippen LogP contribution >= 0.6 is 22.6 Å². The lowest BCUT2D eigenvalue weighted by atomic mass is 10.2. The normalized spacial score (nSPS) is 10.6. The van der Waals surface area contributed by atoms with Crippen LogP contribution in [0.25, 0.3) is 0 Å². The summed E-state index contributed by atoms with van der Waals surface area (Å²) >= 11 is 1.99. The number of hydrazone groups is 1. The van der Waals surface area contributed by atoms with E-state index in [0.29, 0.717) is 14.9 Å². The molecule has 0 aromatic heterocycles. The summed E-state index contributed by atoms with van der Waals surface area (Å²) in [6.45, 7) is 1.91. The number of hydrogen-bond acceptors (Lipinski definition) is 4. The van der Waals surface area contributed by atoms with E-state index in [9.17, 15) is 9.90 Å². The predicted octanol–water partition coefficient (Wildman–Crippen LogP) is 3.47. The minimum absolute atomic E-state index is 0.0792. The molecule has 23 heavy (non-hydrogen) atoms. The fourth-order valence-corrected chi connectivity index (χ4v) is 2.48. The summed E-state index contributed by atoms with van der Waals surface area (Å²) in [4.78, 5) is 11.8. The Labute approximate surface area is 147 Å². The highest BCUT2D eigenvalue weighted by Gasteiger charge is 2.07. The van der Waals surface area contributed by atoms with Gasteiger partial charge in [0.25, 0.3) is 0 Å². The maximum absolute atomic E-state index is 11.8. The van der Waals surface area contributed by atoms with E-state index in [1.807, 2.05) is 53.8 Å². The number of rotatable bonds is 4. The molecule has 2 aromatic rings. The molecule has 2 amide bonds. The molecule has 3 N–H and O–H groups in total. The van der Waals surface area contributed by atoms with Gasteiger partial charge in [-0.15, -0.1) is 0 Å². The van der Waals surface area contributed by atoms with E-state index >= 15 is 0 Å². The lowest BCUT2D eigenvalue weighted by molar-refractivity contribution is 0.252. The Balaban J connectivity index is 2.00. The van der Waals surface area contributed by atoms with Crippen LogP contribution in [0.15, 0.2) is 41.5 Å². The molecule has 2 rings (SSSR count). The number of phenols is 1. The van der Waals surface area contributed by atoms with Gasteiger partial charge in [-0.05, 0) is 58.8 Å². The van der Waals surface area contributed by atoms with Gasteiger partial charge in [-0.3, -0.25) is 0 Å². The van der Waals surface area contributed by atoms with Gasteiger partial charge in [0.15, 0.2) is 11.5 Å². The number of nitrogens with one attached hydrogen (secondary N) is 2. The minimum Gasteiger partial charge on any atom is -0.504 e. The Bertz CT molecular complexity index is 747. The second kappa shape index (κ2) is 7.82. The highest BCUT2D eigenvalue weighted by molar-refractivity contribution is 14.1. The first-order valence-corrected chi connectivity index (χ1v) is 7.81. The van der Waals surface area contributed by atoms with Crippen molar-refractivity contribution in [2.45, 2.75) is 6.92 Å². The summed E-state index contributed by atoms with van der Waals surface area (Å²) in [5.74, 6) is 0.429. The zero-order valence-corrected chi connectivity index (χ0v) is 14.8. The van der Waals surface area contributed by atoms with Gasteiger partial charge in [-0.2, -0.15) is 5.10 Å². The molecule has 0 aliphatic carbocycles. The molecule has 0 fully saturated rings. The molecule has 0 unspecified atom stereocenters. The maximum Gasteiger partial charge on any atom is 0.339 e. The van der Waals surface area contributed by atoms with E-state index in [4.69, 9.17) is 4.74 Å². The van der Waals surface area contributed by atoms with Gasteiger partial charge < -0.3 is 15.2 Å². The SMILES string of the molecule is COc1cc(/C=N/NC(=O)Nc2ccccc2C)cc(I)c1O. The lowest BCUT2D eigenvalue weighted by Crippen LogP contribution is -2.24. The van der Waals surface area contributed by atoms with E-state index in [1.165, 1.54) is 13.3 Å². The van der Waals surface area contributed by atoms with Crippen LogP contribution in [-0.2, 0) is 0 Å². The van der Waals surface area contributed by atoms with Crippen molar-refractivity contribution in [2.24, 2.45) is 5.10 Å². The summed E-state index contributed by atoms with van der Waals surface area (Å²) in [7, 11) is 1.47. The number of para-hydroxylation sites is 1. The molecule has 0 saturated heterocycles. The van der Waals surface area contributed by atoms with Crippen LogP contribution in [0.3, 0.4) is 0 Å². The lowest BCUT2D eigenvalue weighted by Gasteiger charge is -2.07. The zero-order chi connectivity index (χ0) is 16.8. The number of carbonyl (C=O) groups is 1. The van der Waals surface area contributed by atoms with Crippen LogP contribution in [0.2, 0.25) is 0 Å². The second-order valence-corrected chi connectivity index (χ2v) is 5.85. The first-order chi connectivity index (χ1) is 11.0. The van der Waals surface area contributed by atoms with Crippen molar-refractivity contribution in [3.63, 3.8) is 0 Å². The molecular weight excluding hydrogens is 409 g/mol. The molecule has 0 heterocycles. The average Bonchev–Trinajstić information content (AvgIpc) is 2.53. The van der Waals surface area contributed by atoms with Gasteiger partial charge in [-0.25, -0.2) is 10.2 Å². The number of halogens is 1. The molecule has 0 aliphatic rings. The van der Waals surface area contributed by atoms with Crippen LogP contribution < -0.4 is 15.5 Å². The second-order valence-electron chi connectivity index (χ2n) is 4.69. The van der Waals surface area contributed by atoms with Crippen molar-refractivity contribution < 1.29 is 14.6 Å². The molecule has 7 heteroatoms. The number of carbonyl (C=O) groups excluding carboxylic acids is 1. The van der Waals surface area contributed by atoms with Gasteiger partial charge in [-0.1, -0.05) is 18.2 Å². The van der Waals surface area contributed by atoms with E-state index in [0.717, 1.165) is 11.3 Å². The number of benzene rings is 2. The highest BCUT2D eigenvalue weighted by Crippen LogP contribution is 2.31. The zero-order valence-electron chi connectivity index (χ0n) is 12.6. The monoisotopic (exact) mass is 425 g/mol. The molecular formula is C16H16IN3O3. The van der Waals surface area contributed by atoms with Gasteiger partial charge in [0, 0.05) is 5.69 Å². The number of hydrogen-bond donors (Lipinski definition) is 3. The summed E-state index contributed by atoms with van der Waals surface area (Å²) < 4.78 is 5.70. The molecule has 0 bridgehead atoms. The number of urea groups is 1.